The van der Waals surface area contributed by atoms with Crippen LogP contribution in [0.2, 0.25) is 5.02 Å². The lowest BCUT2D eigenvalue weighted by molar-refractivity contribution is -0.119. The van der Waals surface area contributed by atoms with Crippen molar-refractivity contribution in [3.63, 3.8) is 0 Å². The summed E-state index contributed by atoms with van der Waals surface area (Å²) in [7, 11) is 0. The molecule has 0 radical (unpaired) electrons. The van der Waals surface area contributed by atoms with Gasteiger partial charge in [0.1, 0.15) is 6.54 Å². The van der Waals surface area contributed by atoms with Gasteiger partial charge in [0.25, 0.3) is 0 Å². The number of halogens is 2. The molecular formula is C12H12BrClN4O. The Morgan fingerprint density at radius 1 is 1.47 bits per heavy atom. The molecule has 0 aliphatic rings. The quantitative estimate of drug-likeness (QED) is 0.900. The Morgan fingerprint density at radius 2 is 2.26 bits per heavy atom. The van der Waals surface area contributed by atoms with E-state index in [4.69, 9.17) is 17.3 Å². The van der Waals surface area contributed by atoms with Crippen LogP contribution in [0.3, 0.4) is 0 Å². The van der Waals surface area contributed by atoms with Crippen molar-refractivity contribution >= 4 is 33.3 Å². The minimum Gasteiger partial charge on any atom is -0.325 e. The lowest BCUT2D eigenvalue weighted by atomic mass is 10.1. The van der Waals surface area contributed by atoms with Crippen LogP contribution >= 0.6 is 27.5 Å². The van der Waals surface area contributed by atoms with E-state index in [1.807, 2.05) is 12.1 Å². The van der Waals surface area contributed by atoms with Gasteiger partial charge in [-0.25, -0.2) is 4.68 Å². The third kappa shape index (κ3) is 3.86. The van der Waals surface area contributed by atoms with Gasteiger partial charge < -0.3 is 5.73 Å². The molecule has 0 spiro atoms. The fourth-order valence-electron chi connectivity index (χ4n) is 1.62. The van der Waals surface area contributed by atoms with Crippen LogP contribution in [-0.4, -0.2) is 20.8 Å². The molecule has 19 heavy (non-hydrogen) atoms. The van der Waals surface area contributed by atoms with Crippen molar-refractivity contribution in [1.82, 2.24) is 15.0 Å². The van der Waals surface area contributed by atoms with E-state index in [9.17, 15) is 4.79 Å². The fraction of sp³-hybridized carbons (Fsp3) is 0.250. The van der Waals surface area contributed by atoms with E-state index >= 15 is 0 Å². The highest BCUT2D eigenvalue weighted by Gasteiger charge is 2.09. The zero-order chi connectivity index (χ0) is 13.8. The van der Waals surface area contributed by atoms with E-state index in [2.05, 4.69) is 26.2 Å². The summed E-state index contributed by atoms with van der Waals surface area (Å²) in [6.07, 6.45) is 1.94. The Hall–Kier alpha value is -1.24. The maximum Gasteiger partial charge on any atom is 0.158 e. The number of aromatic nitrogens is 3. The van der Waals surface area contributed by atoms with Gasteiger partial charge in [-0.15, -0.1) is 5.10 Å². The summed E-state index contributed by atoms with van der Waals surface area (Å²) in [4.78, 5) is 11.9. The van der Waals surface area contributed by atoms with Crippen LogP contribution in [0.5, 0.6) is 0 Å². The second-order valence-electron chi connectivity index (χ2n) is 4.06. The first-order chi connectivity index (χ1) is 9.08. The molecule has 100 valence electrons. The zero-order valence-corrected chi connectivity index (χ0v) is 12.4. The monoisotopic (exact) mass is 342 g/mol. The van der Waals surface area contributed by atoms with Gasteiger partial charge in [0, 0.05) is 22.5 Å². The van der Waals surface area contributed by atoms with Gasteiger partial charge in [-0.2, -0.15) is 0 Å². The molecule has 2 N–H and O–H groups in total. The average Bonchev–Trinajstić information content (AvgIpc) is 2.80. The van der Waals surface area contributed by atoms with Crippen LogP contribution in [0.1, 0.15) is 11.3 Å². The molecule has 5 nitrogen and oxygen atoms in total. The SMILES string of the molecule is NCc1cn(CC(=O)Cc2ccc(Br)cc2Cl)nn1. The van der Waals surface area contributed by atoms with Crippen molar-refractivity contribution in [2.45, 2.75) is 19.5 Å². The summed E-state index contributed by atoms with van der Waals surface area (Å²) in [6, 6.07) is 5.46. The molecule has 0 aliphatic carbocycles. The van der Waals surface area contributed by atoms with Crippen molar-refractivity contribution in [1.29, 1.82) is 0 Å². The molecule has 1 heterocycles. The molecular weight excluding hydrogens is 332 g/mol. The summed E-state index contributed by atoms with van der Waals surface area (Å²) in [5.41, 5.74) is 6.89. The minimum atomic E-state index is 0.0118. The predicted octanol–water partition coefficient (Wildman–Crippen LogP) is 1.96. The molecule has 0 fully saturated rings. The van der Waals surface area contributed by atoms with E-state index < -0.39 is 0 Å². The lowest BCUT2D eigenvalue weighted by Crippen LogP contribution is -2.13. The smallest absolute Gasteiger partial charge is 0.158 e. The largest absolute Gasteiger partial charge is 0.325 e. The Kier molecular flexibility index (Phi) is 4.68. The summed E-state index contributed by atoms with van der Waals surface area (Å²) in [5, 5.41) is 8.23. The van der Waals surface area contributed by atoms with Gasteiger partial charge >= 0.3 is 0 Å². The van der Waals surface area contributed by atoms with Crippen molar-refractivity contribution < 1.29 is 4.79 Å². The van der Waals surface area contributed by atoms with Gasteiger partial charge in [-0.05, 0) is 17.7 Å². The maximum absolute atomic E-state index is 11.9. The molecule has 7 heteroatoms. The van der Waals surface area contributed by atoms with E-state index in [1.165, 1.54) is 4.68 Å². The number of nitrogens with zero attached hydrogens (tertiary/aromatic N) is 3. The Bertz CT molecular complexity index is 599. The molecule has 0 saturated carbocycles. The van der Waals surface area contributed by atoms with E-state index in [1.54, 1.807) is 12.3 Å². The second kappa shape index (κ2) is 6.27. The van der Waals surface area contributed by atoms with E-state index in [0.29, 0.717) is 17.3 Å². The molecule has 0 atom stereocenters. The van der Waals surface area contributed by atoms with E-state index in [0.717, 1.165) is 10.0 Å². The summed E-state index contributed by atoms with van der Waals surface area (Å²) >= 11 is 9.39. The first kappa shape index (κ1) is 14.2. The third-order valence-electron chi connectivity index (χ3n) is 2.54. The van der Waals surface area contributed by atoms with Crippen LogP contribution in [0, 0.1) is 0 Å². The Balaban J connectivity index is 2.01. The van der Waals surface area contributed by atoms with Crippen molar-refractivity contribution in [2.24, 2.45) is 5.73 Å². The van der Waals surface area contributed by atoms with Crippen molar-refractivity contribution in [3.8, 4) is 0 Å². The summed E-state index contributed by atoms with van der Waals surface area (Å²) in [5.74, 6) is 0.0118. The van der Waals surface area contributed by atoms with Gasteiger partial charge in [0.2, 0.25) is 0 Å². The van der Waals surface area contributed by atoms with Crippen LogP contribution in [0.4, 0.5) is 0 Å². The van der Waals surface area contributed by atoms with Gasteiger partial charge in [-0.3, -0.25) is 4.79 Å². The average molecular weight is 344 g/mol. The number of nitrogens with two attached hydrogens (primary N) is 1. The highest BCUT2D eigenvalue weighted by Crippen LogP contribution is 2.21. The number of rotatable bonds is 5. The Morgan fingerprint density at radius 3 is 2.89 bits per heavy atom. The topological polar surface area (TPSA) is 73.8 Å². The van der Waals surface area contributed by atoms with Gasteiger partial charge in [0.15, 0.2) is 5.78 Å². The zero-order valence-electron chi connectivity index (χ0n) is 10.0. The molecule has 1 aromatic carbocycles. The van der Waals surface area contributed by atoms with Crippen LogP contribution < -0.4 is 5.73 Å². The summed E-state index contributed by atoms with van der Waals surface area (Å²) < 4.78 is 2.37. The molecule has 0 amide bonds. The third-order valence-corrected chi connectivity index (χ3v) is 3.38. The normalized spacial score (nSPS) is 10.7. The standard InChI is InChI=1S/C12H12BrClN4O/c13-9-2-1-8(12(14)4-9)3-11(19)7-18-6-10(5-15)16-17-18/h1-2,4,6H,3,5,7,15H2. The molecule has 0 unspecified atom stereocenters. The van der Waals surface area contributed by atoms with E-state index in [-0.39, 0.29) is 18.7 Å². The molecule has 1 aromatic heterocycles. The van der Waals surface area contributed by atoms with Gasteiger partial charge in [-0.1, -0.05) is 38.8 Å². The van der Waals surface area contributed by atoms with Crippen LogP contribution in [0.15, 0.2) is 28.9 Å². The number of benzene rings is 1. The molecule has 0 bridgehead atoms. The molecule has 2 aromatic rings. The van der Waals surface area contributed by atoms with Crippen molar-refractivity contribution in [3.05, 3.63) is 45.1 Å². The first-order valence-electron chi connectivity index (χ1n) is 5.63. The number of carbonyl (C=O) groups excluding carboxylic acids is 1. The first-order valence-corrected chi connectivity index (χ1v) is 6.80. The number of carbonyl (C=O) groups is 1. The maximum atomic E-state index is 11.9. The number of hydrogen-bond donors (Lipinski definition) is 1. The fourth-order valence-corrected chi connectivity index (χ4v) is 2.36. The minimum absolute atomic E-state index is 0.0118. The van der Waals surface area contributed by atoms with Gasteiger partial charge in [0.05, 0.1) is 11.9 Å². The molecule has 0 saturated heterocycles. The van der Waals surface area contributed by atoms with Crippen molar-refractivity contribution in [2.75, 3.05) is 0 Å². The predicted molar refractivity (Wildman–Crippen MR) is 75.8 cm³/mol. The summed E-state index contributed by atoms with van der Waals surface area (Å²) in [6.45, 7) is 0.478. The highest BCUT2D eigenvalue weighted by molar-refractivity contribution is 9.10. The Labute approximate surface area is 123 Å². The molecule has 2 rings (SSSR count). The van der Waals surface area contributed by atoms with Crippen LogP contribution in [-0.2, 0) is 24.3 Å². The number of ketones is 1. The molecule has 0 aliphatic heterocycles. The second-order valence-corrected chi connectivity index (χ2v) is 5.39. The number of Topliss-reactive ketones (excluding diaryl/α,β-unsaturated/α-hetero) is 1. The number of hydrogen-bond acceptors (Lipinski definition) is 4. The highest BCUT2D eigenvalue weighted by atomic mass is 79.9. The van der Waals surface area contributed by atoms with Crippen LogP contribution in [0.25, 0.3) is 0 Å². The lowest BCUT2D eigenvalue weighted by Gasteiger charge is -2.04.